The van der Waals surface area contributed by atoms with Gasteiger partial charge in [-0.2, -0.15) is 0 Å². The lowest BCUT2D eigenvalue weighted by Gasteiger charge is -2.35. The number of amides is 3. The molecule has 0 radical (unpaired) electrons. The zero-order valence-electron chi connectivity index (χ0n) is 24.7. The van der Waals surface area contributed by atoms with Gasteiger partial charge in [-0.05, 0) is 72.4 Å². The standard InChI is InChI=1S/C30H51N3O4/c1-10-12-13-14-15-16-21-33(27(35)22(3)31-28(36)37-30(7,8)9)25(26(34)32-29(4,5)6)24-19-17-23(11-2)18-20-24/h17-20,22,25H,10-16,21H2,1-9H3,(H,31,36)(H,32,34). The summed E-state index contributed by atoms with van der Waals surface area (Å²) >= 11 is 0. The van der Waals surface area contributed by atoms with Crippen LogP contribution in [0.15, 0.2) is 24.3 Å². The van der Waals surface area contributed by atoms with Gasteiger partial charge in [-0.25, -0.2) is 4.79 Å². The van der Waals surface area contributed by atoms with Gasteiger partial charge in [0.2, 0.25) is 11.8 Å². The molecule has 1 rings (SSSR count). The highest BCUT2D eigenvalue weighted by Gasteiger charge is 2.35. The van der Waals surface area contributed by atoms with Gasteiger partial charge in [-0.1, -0.05) is 70.2 Å². The number of unbranched alkanes of at least 4 members (excludes halogenated alkanes) is 5. The van der Waals surface area contributed by atoms with Crippen LogP contribution >= 0.6 is 0 Å². The van der Waals surface area contributed by atoms with Gasteiger partial charge in [0.25, 0.3) is 0 Å². The summed E-state index contributed by atoms with van der Waals surface area (Å²) in [5.41, 5.74) is 0.769. The number of carbonyl (C=O) groups is 3. The van der Waals surface area contributed by atoms with Crippen LogP contribution < -0.4 is 10.6 Å². The molecule has 0 heterocycles. The number of ether oxygens (including phenoxy) is 1. The summed E-state index contributed by atoms with van der Waals surface area (Å²) in [7, 11) is 0. The Bertz CT molecular complexity index is 853. The first-order valence-electron chi connectivity index (χ1n) is 13.9. The van der Waals surface area contributed by atoms with Crippen LogP contribution in [-0.4, -0.2) is 46.5 Å². The van der Waals surface area contributed by atoms with E-state index < -0.39 is 29.3 Å². The average molecular weight is 518 g/mol. The second-order valence-electron chi connectivity index (χ2n) is 11.9. The predicted molar refractivity (Wildman–Crippen MR) is 150 cm³/mol. The number of aryl methyl sites for hydroxylation is 1. The van der Waals surface area contributed by atoms with Crippen LogP contribution in [0.25, 0.3) is 0 Å². The molecule has 2 N–H and O–H groups in total. The Kier molecular flexibility index (Phi) is 13.2. The topological polar surface area (TPSA) is 87.7 Å². The van der Waals surface area contributed by atoms with Crippen LogP contribution in [0.3, 0.4) is 0 Å². The molecular weight excluding hydrogens is 466 g/mol. The summed E-state index contributed by atoms with van der Waals surface area (Å²) in [4.78, 5) is 41.5. The highest BCUT2D eigenvalue weighted by atomic mass is 16.6. The Balaban J connectivity index is 3.30. The predicted octanol–water partition coefficient (Wildman–Crippen LogP) is 6.31. The summed E-state index contributed by atoms with van der Waals surface area (Å²) in [6.45, 7) is 17.4. The van der Waals surface area contributed by atoms with E-state index >= 15 is 0 Å². The minimum Gasteiger partial charge on any atom is -0.444 e. The molecule has 37 heavy (non-hydrogen) atoms. The van der Waals surface area contributed by atoms with Crippen molar-refractivity contribution in [1.82, 2.24) is 15.5 Å². The Morgan fingerprint density at radius 3 is 1.97 bits per heavy atom. The number of nitrogens with zero attached hydrogens (tertiary/aromatic N) is 1. The number of carbonyl (C=O) groups excluding carboxylic acids is 3. The van der Waals surface area contributed by atoms with E-state index in [4.69, 9.17) is 4.74 Å². The smallest absolute Gasteiger partial charge is 0.408 e. The second kappa shape index (κ2) is 15.0. The SMILES string of the molecule is CCCCCCCCN(C(=O)C(C)NC(=O)OC(C)(C)C)C(C(=O)NC(C)(C)C)c1ccc(CC)cc1. The Morgan fingerprint density at radius 2 is 1.46 bits per heavy atom. The maximum absolute atomic E-state index is 13.8. The van der Waals surface area contributed by atoms with Crippen molar-refractivity contribution in [2.45, 2.75) is 130 Å². The fourth-order valence-electron chi connectivity index (χ4n) is 4.07. The van der Waals surface area contributed by atoms with Crippen molar-refractivity contribution in [3.8, 4) is 0 Å². The highest BCUT2D eigenvalue weighted by molar-refractivity contribution is 5.92. The number of nitrogens with one attached hydrogen (secondary N) is 2. The van der Waals surface area contributed by atoms with Gasteiger partial charge in [-0.15, -0.1) is 0 Å². The quantitative estimate of drug-likeness (QED) is 0.300. The molecule has 0 aliphatic carbocycles. The zero-order chi connectivity index (χ0) is 28.2. The molecule has 7 nitrogen and oxygen atoms in total. The Morgan fingerprint density at radius 1 is 0.892 bits per heavy atom. The molecule has 1 aromatic rings. The van der Waals surface area contributed by atoms with Crippen LogP contribution in [-0.2, 0) is 20.7 Å². The summed E-state index contributed by atoms with van der Waals surface area (Å²) in [5, 5.41) is 5.73. The molecule has 2 atom stereocenters. The zero-order valence-corrected chi connectivity index (χ0v) is 24.7. The van der Waals surface area contributed by atoms with Crippen molar-refractivity contribution >= 4 is 17.9 Å². The van der Waals surface area contributed by atoms with E-state index in [0.717, 1.165) is 43.2 Å². The van der Waals surface area contributed by atoms with E-state index in [0.29, 0.717) is 6.54 Å². The fraction of sp³-hybridized carbons (Fsp3) is 0.700. The number of hydrogen-bond acceptors (Lipinski definition) is 4. The normalized spacial score (nSPS) is 13.4. The van der Waals surface area contributed by atoms with Crippen LogP contribution in [0, 0.1) is 0 Å². The minimum atomic E-state index is -0.852. The van der Waals surface area contributed by atoms with E-state index in [-0.39, 0.29) is 11.8 Å². The summed E-state index contributed by atoms with van der Waals surface area (Å²) in [5.74, 6) is -0.548. The molecule has 0 bridgehead atoms. The molecular formula is C30H51N3O4. The molecule has 0 saturated carbocycles. The molecule has 7 heteroatoms. The summed E-state index contributed by atoms with van der Waals surface area (Å²) in [6, 6.07) is 6.20. The third kappa shape index (κ3) is 12.5. The maximum Gasteiger partial charge on any atom is 0.408 e. The van der Waals surface area contributed by atoms with E-state index in [1.54, 1.807) is 32.6 Å². The Labute approximate surface area is 225 Å². The number of benzene rings is 1. The molecule has 0 saturated heterocycles. The molecule has 0 aliphatic rings. The van der Waals surface area contributed by atoms with E-state index in [1.165, 1.54) is 12.8 Å². The van der Waals surface area contributed by atoms with Crippen LogP contribution in [0.4, 0.5) is 4.79 Å². The number of alkyl carbamates (subject to hydrolysis) is 1. The lowest BCUT2D eigenvalue weighted by molar-refractivity contribution is -0.142. The maximum atomic E-state index is 13.8. The number of rotatable bonds is 13. The van der Waals surface area contributed by atoms with E-state index in [2.05, 4.69) is 24.5 Å². The van der Waals surface area contributed by atoms with Crippen molar-refractivity contribution in [2.75, 3.05) is 6.54 Å². The van der Waals surface area contributed by atoms with E-state index in [9.17, 15) is 14.4 Å². The summed E-state index contributed by atoms with van der Waals surface area (Å²) < 4.78 is 5.36. The van der Waals surface area contributed by atoms with Gasteiger partial charge < -0.3 is 20.3 Å². The van der Waals surface area contributed by atoms with Gasteiger partial charge >= 0.3 is 6.09 Å². The molecule has 0 aromatic heterocycles. The highest BCUT2D eigenvalue weighted by Crippen LogP contribution is 2.25. The van der Waals surface area contributed by atoms with Gasteiger partial charge in [0.1, 0.15) is 17.7 Å². The van der Waals surface area contributed by atoms with Gasteiger partial charge in [0, 0.05) is 12.1 Å². The number of hydrogen-bond donors (Lipinski definition) is 2. The van der Waals surface area contributed by atoms with E-state index in [1.807, 2.05) is 45.0 Å². The molecule has 1 aromatic carbocycles. The third-order valence-electron chi connectivity index (χ3n) is 5.90. The largest absolute Gasteiger partial charge is 0.444 e. The molecule has 210 valence electrons. The van der Waals surface area contributed by atoms with Crippen molar-refractivity contribution in [3.05, 3.63) is 35.4 Å². The monoisotopic (exact) mass is 517 g/mol. The molecule has 0 aliphatic heterocycles. The second-order valence-corrected chi connectivity index (χ2v) is 11.9. The summed E-state index contributed by atoms with van der Waals surface area (Å²) in [6.07, 6.45) is 6.59. The Hall–Kier alpha value is -2.57. The van der Waals surface area contributed by atoms with Gasteiger partial charge in [0.05, 0.1) is 0 Å². The van der Waals surface area contributed by atoms with Crippen LogP contribution in [0.1, 0.15) is 118 Å². The van der Waals surface area contributed by atoms with Gasteiger partial charge in [-0.3, -0.25) is 9.59 Å². The van der Waals surface area contributed by atoms with Crippen molar-refractivity contribution in [2.24, 2.45) is 0 Å². The molecule has 2 unspecified atom stereocenters. The van der Waals surface area contributed by atoms with Crippen molar-refractivity contribution in [1.29, 1.82) is 0 Å². The minimum absolute atomic E-state index is 0.236. The lowest BCUT2D eigenvalue weighted by Crippen LogP contribution is -2.54. The fourth-order valence-corrected chi connectivity index (χ4v) is 4.07. The first-order chi connectivity index (χ1) is 17.2. The van der Waals surface area contributed by atoms with Crippen molar-refractivity contribution < 1.29 is 19.1 Å². The first kappa shape index (κ1) is 32.5. The third-order valence-corrected chi connectivity index (χ3v) is 5.90. The van der Waals surface area contributed by atoms with Crippen LogP contribution in [0.2, 0.25) is 0 Å². The average Bonchev–Trinajstić information content (AvgIpc) is 2.77. The van der Waals surface area contributed by atoms with Crippen LogP contribution in [0.5, 0.6) is 0 Å². The first-order valence-corrected chi connectivity index (χ1v) is 13.9. The molecule has 0 spiro atoms. The van der Waals surface area contributed by atoms with Gasteiger partial charge in [0.15, 0.2) is 0 Å². The van der Waals surface area contributed by atoms with Crippen molar-refractivity contribution in [3.63, 3.8) is 0 Å². The molecule has 0 fully saturated rings. The lowest BCUT2D eigenvalue weighted by atomic mass is 9.98. The molecule has 3 amide bonds.